The quantitative estimate of drug-likeness (QED) is 0.655. The van der Waals surface area contributed by atoms with Gasteiger partial charge in [0.25, 0.3) is 0 Å². The summed E-state index contributed by atoms with van der Waals surface area (Å²) < 4.78 is 5.98. The van der Waals surface area contributed by atoms with Crippen molar-refractivity contribution in [1.29, 1.82) is 0 Å². The van der Waals surface area contributed by atoms with Crippen molar-refractivity contribution >= 4 is 0 Å². The summed E-state index contributed by atoms with van der Waals surface area (Å²) in [5.41, 5.74) is 0. The minimum absolute atomic E-state index is 0.456. The second-order valence-corrected chi connectivity index (χ2v) is 6.02. The van der Waals surface area contributed by atoms with Crippen LogP contribution in [-0.2, 0) is 4.74 Å². The molecular weight excluding hydrogens is 210 g/mol. The third-order valence-corrected chi connectivity index (χ3v) is 4.14. The van der Waals surface area contributed by atoms with Crippen LogP contribution in [0.3, 0.4) is 0 Å². The number of ether oxygens (including phenoxy) is 1. The fourth-order valence-electron chi connectivity index (χ4n) is 2.72. The molecule has 2 aliphatic carbocycles. The van der Waals surface area contributed by atoms with E-state index in [1.54, 1.807) is 0 Å². The standard InChI is InChI=1S/C15H29NO/c1-13(6-5-11-16-15-9-10-15)17-12-14-7-3-2-4-8-14/h13-16H,2-12H2,1H3. The molecule has 2 saturated carbocycles. The molecule has 2 rings (SSSR count). The Bertz CT molecular complexity index is 197. The molecular formula is C15H29NO. The van der Waals surface area contributed by atoms with Crippen LogP contribution in [0.4, 0.5) is 0 Å². The predicted molar refractivity (Wildman–Crippen MR) is 72.2 cm³/mol. The van der Waals surface area contributed by atoms with Crippen LogP contribution in [0.1, 0.15) is 64.7 Å². The lowest BCUT2D eigenvalue weighted by Gasteiger charge is -2.23. The van der Waals surface area contributed by atoms with Crippen molar-refractivity contribution in [3.05, 3.63) is 0 Å². The summed E-state index contributed by atoms with van der Waals surface area (Å²) in [6, 6.07) is 0.855. The molecule has 17 heavy (non-hydrogen) atoms. The van der Waals surface area contributed by atoms with E-state index in [0.717, 1.165) is 18.6 Å². The number of hydrogen-bond acceptors (Lipinski definition) is 2. The Morgan fingerprint density at radius 1 is 1.12 bits per heavy atom. The molecule has 0 aromatic rings. The Kier molecular flexibility index (Phi) is 5.79. The van der Waals surface area contributed by atoms with Gasteiger partial charge in [-0.25, -0.2) is 0 Å². The molecule has 2 heteroatoms. The molecule has 1 atom stereocenters. The van der Waals surface area contributed by atoms with E-state index in [-0.39, 0.29) is 0 Å². The second kappa shape index (κ2) is 7.38. The highest BCUT2D eigenvalue weighted by Crippen LogP contribution is 2.24. The normalized spacial score (nSPS) is 23.8. The summed E-state index contributed by atoms with van der Waals surface area (Å²) in [5.74, 6) is 0.857. The summed E-state index contributed by atoms with van der Waals surface area (Å²) >= 11 is 0. The van der Waals surface area contributed by atoms with Gasteiger partial charge in [0.1, 0.15) is 0 Å². The van der Waals surface area contributed by atoms with Gasteiger partial charge in [0.15, 0.2) is 0 Å². The van der Waals surface area contributed by atoms with E-state index in [2.05, 4.69) is 12.2 Å². The maximum atomic E-state index is 5.98. The molecule has 0 heterocycles. The van der Waals surface area contributed by atoms with Gasteiger partial charge in [0.05, 0.1) is 6.10 Å². The van der Waals surface area contributed by atoms with Crippen LogP contribution in [0.15, 0.2) is 0 Å². The first-order valence-corrected chi connectivity index (χ1v) is 7.69. The predicted octanol–water partition coefficient (Wildman–Crippen LogP) is 3.50. The SMILES string of the molecule is CC(CCCNC1CC1)OCC1CCCCC1. The summed E-state index contributed by atoms with van der Waals surface area (Å²) in [4.78, 5) is 0. The lowest BCUT2D eigenvalue weighted by Crippen LogP contribution is -2.21. The third kappa shape index (κ3) is 5.87. The van der Waals surface area contributed by atoms with Crippen molar-refractivity contribution in [3.8, 4) is 0 Å². The molecule has 1 unspecified atom stereocenters. The van der Waals surface area contributed by atoms with E-state index in [1.807, 2.05) is 0 Å². The van der Waals surface area contributed by atoms with Crippen LogP contribution in [-0.4, -0.2) is 25.3 Å². The zero-order valence-electron chi connectivity index (χ0n) is 11.4. The maximum Gasteiger partial charge on any atom is 0.0547 e. The molecule has 0 radical (unpaired) electrons. The monoisotopic (exact) mass is 239 g/mol. The summed E-state index contributed by atoms with van der Waals surface area (Å²) in [6.45, 7) is 4.43. The van der Waals surface area contributed by atoms with E-state index >= 15 is 0 Å². The molecule has 2 aliphatic rings. The topological polar surface area (TPSA) is 21.3 Å². The van der Waals surface area contributed by atoms with E-state index in [9.17, 15) is 0 Å². The van der Waals surface area contributed by atoms with E-state index in [4.69, 9.17) is 4.74 Å². The van der Waals surface area contributed by atoms with Gasteiger partial charge in [-0.3, -0.25) is 0 Å². The Hall–Kier alpha value is -0.0800. The number of nitrogens with one attached hydrogen (secondary N) is 1. The molecule has 2 nitrogen and oxygen atoms in total. The van der Waals surface area contributed by atoms with Gasteiger partial charge in [-0.15, -0.1) is 0 Å². The molecule has 0 saturated heterocycles. The maximum absolute atomic E-state index is 5.98. The molecule has 0 aromatic carbocycles. The van der Waals surface area contributed by atoms with Crippen molar-refractivity contribution in [2.24, 2.45) is 5.92 Å². The van der Waals surface area contributed by atoms with Crippen LogP contribution < -0.4 is 5.32 Å². The molecule has 0 bridgehead atoms. The molecule has 0 spiro atoms. The summed E-state index contributed by atoms with van der Waals surface area (Å²) in [7, 11) is 0. The van der Waals surface area contributed by atoms with Crippen LogP contribution in [0.25, 0.3) is 0 Å². The van der Waals surface area contributed by atoms with Crippen LogP contribution >= 0.6 is 0 Å². The first-order chi connectivity index (χ1) is 8.34. The van der Waals surface area contributed by atoms with Crippen molar-refractivity contribution in [1.82, 2.24) is 5.32 Å². The second-order valence-electron chi connectivity index (χ2n) is 6.02. The summed E-state index contributed by atoms with van der Waals surface area (Å²) in [5, 5.41) is 3.56. The molecule has 100 valence electrons. The molecule has 0 aliphatic heterocycles. The fraction of sp³-hybridized carbons (Fsp3) is 1.00. The fourth-order valence-corrected chi connectivity index (χ4v) is 2.72. The average Bonchev–Trinajstić information content (AvgIpc) is 3.17. The van der Waals surface area contributed by atoms with E-state index in [0.29, 0.717) is 6.10 Å². The highest BCUT2D eigenvalue weighted by Gasteiger charge is 2.19. The zero-order chi connectivity index (χ0) is 11.9. The van der Waals surface area contributed by atoms with E-state index in [1.165, 1.54) is 64.3 Å². The lowest BCUT2D eigenvalue weighted by atomic mass is 9.90. The first kappa shape index (κ1) is 13.4. The van der Waals surface area contributed by atoms with Crippen molar-refractivity contribution < 1.29 is 4.74 Å². The first-order valence-electron chi connectivity index (χ1n) is 7.69. The van der Waals surface area contributed by atoms with Crippen molar-refractivity contribution in [2.45, 2.75) is 76.9 Å². The van der Waals surface area contributed by atoms with Gasteiger partial charge in [-0.2, -0.15) is 0 Å². The number of hydrogen-bond donors (Lipinski definition) is 1. The van der Waals surface area contributed by atoms with Gasteiger partial charge in [-0.05, 0) is 57.9 Å². The van der Waals surface area contributed by atoms with Crippen LogP contribution in [0.5, 0.6) is 0 Å². The van der Waals surface area contributed by atoms with Crippen molar-refractivity contribution in [2.75, 3.05) is 13.2 Å². The molecule has 0 aromatic heterocycles. The summed E-state index contributed by atoms with van der Waals surface area (Å²) in [6.07, 6.45) is 12.8. The van der Waals surface area contributed by atoms with Crippen LogP contribution in [0.2, 0.25) is 0 Å². The van der Waals surface area contributed by atoms with E-state index < -0.39 is 0 Å². The minimum atomic E-state index is 0.456. The average molecular weight is 239 g/mol. The third-order valence-electron chi connectivity index (χ3n) is 4.14. The molecule has 1 N–H and O–H groups in total. The Morgan fingerprint density at radius 2 is 1.88 bits per heavy atom. The zero-order valence-corrected chi connectivity index (χ0v) is 11.4. The van der Waals surface area contributed by atoms with Gasteiger partial charge in [-0.1, -0.05) is 19.3 Å². The van der Waals surface area contributed by atoms with Crippen LogP contribution in [0, 0.1) is 5.92 Å². The smallest absolute Gasteiger partial charge is 0.0547 e. The lowest BCUT2D eigenvalue weighted by molar-refractivity contribution is 0.0257. The van der Waals surface area contributed by atoms with Gasteiger partial charge in [0, 0.05) is 12.6 Å². The highest BCUT2D eigenvalue weighted by molar-refractivity contribution is 4.80. The van der Waals surface area contributed by atoms with Gasteiger partial charge in [0.2, 0.25) is 0 Å². The highest BCUT2D eigenvalue weighted by atomic mass is 16.5. The molecule has 2 fully saturated rings. The number of rotatable bonds is 8. The largest absolute Gasteiger partial charge is 0.378 e. The molecule has 0 amide bonds. The van der Waals surface area contributed by atoms with Gasteiger partial charge < -0.3 is 10.1 Å². The Balaban J connectivity index is 1.43. The minimum Gasteiger partial charge on any atom is -0.378 e. The van der Waals surface area contributed by atoms with Crippen molar-refractivity contribution in [3.63, 3.8) is 0 Å². The Morgan fingerprint density at radius 3 is 2.59 bits per heavy atom. The Labute approximate surface area is 107 Å². The van der Waals surface area contributed by atoms with Gasteiger partial charge >= 0.3 is 0 Å².